The molecule has 2 fully saturated rings. The zero-order valence-corrected chi connectivity index (χ0v) is 23.9. The van der Waals surface area contributed by atoms with E-state index in [1.54, 1.807) is 7.11 Å². The molecule has 216 valence electrons. The minimum absolute atomic E-state index is 0.111. The van der Waals surface area contributed by atoms with Gasteiger partial charge in [0.05, 0.1) is 19.3 Å². The molecule has 7 nitrogen and oxygen atoms in total. The fraction of sp³-hybridized carbons (Fsp3) is 0.412. The number of hydrogen-bond acceptors (Lipinski definition) is 5. The van der Waals surface area contributed by atoms with E-state index in [0.717, 1.165) is 47.4 Å². The minimum Gasteiger partial charge on any atom is -0.497 e. The number of aliphatic hydroxyl groups excluding tert-OH is 1. The van der Waals surface area contributed by atoms with Crippen molar-refractivity contribution in [2.75, 3.05) is 25.1 Å². The van der Waals surface area contributed by atoms with Gasteiger partial charge in [0, 0.05) is 37.3 Å². The topological polar surface area (TPSA) is 90.9 Å². The predicted octanol–water partition coefficient (Wildman–Crippen LogP) is 4.97. The van der Waals surface area contributed by atoms with Crippen molar-refractivity contribution >= 4 is 17.5 Å². The van der Waals surface area contributed by atoms with Crippen LogP contribution < -0.4 is 20.3 Å². The molecule has 0 bridgehead atoms. The lowest BCUT2D eigenvalue weighted by atomic mass is 9.94. The van der Waals surface area contributed by atoms with E-state index in [4.69, 9.17) is 4.74 Å². The third kappa shape index (κ3) is 7.54. The summed E-state index contributed by atoms with van der Waals surface area (Å²) in [4.78, 5) is 28.2. The van der Waals surface area contributed by atoms with Crippen molar-refractivity contribution in [2.45, 2.75) is 69.6 Å². The van der Waals surface area contributed by atoms with Gasteiger partial charge in [-0.05, 0) is 78.6 Å². The van der Waals surface area contributed by atoms with Gasteiger partial charge < -0.3 is 25.4 Å². The smallest absolute Gasteiger partial charge is 0.251 e. The maximum Gasteiger partial charge on any atom is 0.251 e. The Morgan fingerprint density at radius 2 is 1.78 bits per heavy atom. The molecule has 1 aliphatic heterocycles. The number of rotatable bonds is 12. The first-order valence-electron chi connectivity index (χ1n) is 14.8. The zero-order valence-electron chi connectivity index (χ0n) is 23.9. The number of amides is 2. The summed E-state index contributed by atoms with van der Waals surface area (Å²) in [5.41, 5.74) is 4.56. The van der Waals surface area contributed by atoms with Gasteiger partial charge in [0.2, 0.25) is 5.91 Å². The molecule has 1 heterocycles. The number of carbonyl (C=O) groups is 2. The van der Waals surface area contributed by atoms with Gasteiger partial charge in [0.25, 0.3) is 5.91 Å². The molecule has 1 aliphatic carbocycles. The van der Waals surface area contributed by atoms with Crippen molar-refractivity contribution in [3.63, 3.8) is 0 Å². The molecule has 5 rings (SSSR count). The van der Waals surface area contributed by atoms with E-state index >= 15 is 0 Å². The number of nitrogens with one attached hydrogen (secondary N) is 2. The van der Waals surface area contributed by atoms with Crippen molar-refractivity contribution in [1.29, 1.82) is 0 Å². The Labute approximate surface area is 242 Å². The van der Waals surface area contributed by atoms with E-state index in [1.165, 1.54) is 12.8 Å². The van der Waals surface area contributed by atoms with Crippen LogP contribution in [0.4, 0.5) is 5.69 Å². The lowest BCUT2D eigenvalue weighted by Crippen LogP contribution is -2.48. The van der Waals surface area contributed by atoms with Gasteiger partial charge >= 0.3 is 0 Å². The first-order chi connectivity index (χ1) is 20.0. The molecule has 3 aromatic carbocycles. The molecule has 0 radical (unpaired) electrons. The number of ether oxygens (including phenoxy) is 1. The molecule has 0 unspecified atom stereocenters. The highest BCUT2D eigenvalue weighted by Gasteiger charge is 2.27. The maximum absolute atomic E-state index is 13.8. The summed E-state index contributed by atoms with van der Waals surface area (Å²) in [6.07, 6.45) is 5.64. The lowest BCUT2D eigenvalue weighted by Gasteiger charge is -2.26. The molecule has 0 spiro atoms. The summed E-state index contributed by atoms with van der Waals surface area (Å²) in [5, 5.41) is 17.8. The minimum atomic E-state index is -0.817. The number of carbonyl (C=O) groups excluding carboxylic acids is 2. The summed E-state index contributed by atoms with van der Waals surface area (Å²) in [7, 11) is 1.64. The highest BCUT2D eigenvalue weighted by atomic mass is 16.5. The fourth-order valence-corrected chi connectivity index (χ4v) is 6.03. The average Bonchev–Trinajstić information content (AvgIpc) is 3.69. The van der Waals surface area contributed by atoms with Crippen LogP contribution in [-0.4, -0.2) is 49.3 Å². The monoisotopic (exact) mass is 555 g/mol. The summed E-state index contributed by atoms with van der Waals surface area (Å²) in [5.74, 6) is 1.07. The third-order valence-corrected chi connectivity index (χ3v) is 8.31. The van der Waals surface area contributed by atoms with Crippen molar-refractivity contribution in [3.8, 4) is 5.75 Å². The molecule has 1 saturated heterocycles. The largest absolute Gasteiger partial charge is 0.497 e. The molecule has 2 atom stereocenters. The van der Waals surface area contributed by atoms with Gasteiger partial charge in [-0.1, -0.05) is 55.3 Å². The van der Waals surface area contributed by atoms with Crippen LogP contribution in [0.1, 0.15) is 71.5 Å². The van der Waals surface area contributed by atoms with Gasteiger partial charge in [-0.3, -0.25) is 9.59 Å². The van der Waals surface area contributed by atoms with Gasteiger partial charge in [-0.25, -0.2) is 0 Å². The van der Waals surface area contributed by atoms with Crippen LogP contribution in [-0.2, 0) is 17.8 Å². The van der Waals surface area contributed by atoms with E-state index in [9.17, 15) is 14.7 Å². The molecule has 3 N–H and O–H groups in total. The van der Waals surface area contributed by atoms with Crippen LogP contribution in [0.2, 0.25) is 0 Å². The van der Waals surface area contributed by atoms with E-state index in [0.29, 0.717) is 44.0 Å². The zero-order chi connectivity index (χ0) is 28.6. The van der Waals surface area contributed by atoms with E-state index in [-0.39, 0.29) is 11.8 Å². The number of methoxy groups -OCH3 is 1. The molecule has 3 aromatic rings. The molecule has 2 amide bonds. The highest BCUT2D eigenvalue weighted by molar-refractivity contribution is 5.99. The standard InChI is InChI=1S/C34H41N3O4/c1-41-30-14-7-11-25(17-30)22-35-23-32(38)31(18-24-9-3-2-4-10-24)36-34(40)28-19-27(26-12-5-6-13-26)20-29(21-28)37-16-8-15-33(37)39/h2-4,7,9-11,14,17,19-21,26,31-32,35,38H,5-6,8,12-13,15-16,18,22-23H2,1H3,(H,36,40)/t31-,32-/m0/s1. The van der Waals surface area contributed by atoms with E-state index in [1.807, 2.05) is 71.6 Å². The van der Waals surface area contributed by atoms with Crippen LogP contribution in [0, 0.1) is 0 Å². The Balaban J connectivity index is 1.33. The molecule has 41 heavy (non-hydrogen) atoms. The average molecular weight is 556 g/mol. The maximum atomic E-state index is 13.8. The Morgan fingerprint density at radius 3 is 2.51 bits per heavy atom. The van der Waals surface area contributed by atoms with Crippen LogP contribution in [0.25, 0.3) is 0 Å². The molecular formula is C34H41N3O4. The Kier molecular flexibility index (Phi) is 9.70. The Bertz CT molecular complexity index is 1320. The van der Waals surface area contributed by atoms with Gasteiger partial charge in [0.15, 0.2) is 0 Å². The van der Waals surface area contributed by atoms with E-state index in [2.05, 4.69) is 16.7 Å². The summed E-state index contributed by atoms with van der Waals surface area (Å²) in [6.45, 7) is 1.56. The molecule has 7 heteroatoms. The van der Waals surface area contributed by atoms with Gasteiger partial charge in [-0.15, -0.1) is 0 Å². The van der Waals surface area contributed by atoms with Crippen molar-refractivity contribution in [3.05, 3.63) is 95.1 Å². The molecular weight excluding hydrogens is 514 g/mol. The van der Waals surface area contributed by atoms with Crippen molar-refractivity contribution in [2.24, 2.45) is 0 Å². The normalized spacial score (nSPS) is 17.0. The lowest BCUT2D eigenvalue weighted by molar-refractivity contribution is -0.117. The van der Waals surface area contributed by atoms with Crippen LogP contribution in [0.3, 0.4) is 0 Å². The Morgan fingerprint density at radius 1 is 1.00 bits per heavy atom. The summed E-state index contributed by atoms with van der Waals surface area (Å²) in [6, 6.07) is 23.1. The second-order valence-corrected chi connectivity index (χ2v) is 11.3. The second kappa shape index (κ2) is 13.8. The molecule has 2 aliphatic rings. The Hall–Kier alpha value is -3.68. The van der Waals surface area contributed by atoms with Crippen molar-refractivity contribution in [1.82, 2.24) is 10.6 Å². The highest BCUT2D eigenvalue weighted by Crippen LogP contribution is 2.37. The van der Waals surface area contributed by atoms with Crippen LogP contribution >= 0.6 is 0 Å². The van der Waals surface area contributed by atoms with Crippen LogP contribution in [0.5, 0.6) is 5.75 Å². The van der Waals surface area contributed by atoms with Crippen LogP contribution in [0.15, 0.2) is 72.8 Å². The van der Waals surface area contributed by atoms with Crippen molar-refractivity contribution < 1.29 is 19.4 Å². The quantitative estimate of drug-likeness (QED) is 0.294. The van der Waals surface area contributed by atoms with Gasteiger partial charge in [0.1, 0.15) is 5.75 Å². The fourth-order valence-electron chi connectivity index (χ4n) is 6.03. The third-order valence-electron chi connectivity index (χ3n) is 8.31. The van der Waals surface area contributed by atoms with Gasteiger partial charge in [-0.2, -0.15) is 0 Å². The SMILES string of the molecule is COc1cccc(CNC[C@H](O)[C@H](Cc2ccccc2)NC(=O)c2cc(C3CCCC3)cc(N3CCCC3=O)c2)c1. The first-order valence-corrected chi connectivity index (χ1v) is 14.8. The summed E-state index contributed by atoms with van der Waals surface area (Å²) < 4.78 is 5.31. The predicted molar refractivity (Wildman–Crippen MR) is 161 cm³/mol. The molecule has 0 aromatic heterocycles. The summed E-state index contributed by atoms with van der Waals surface area (Å²) >= 11 is 0. The number of nitrogens with zero attached hydrogens (tertiary/aromatic N) is 1. The number of aliphatic hydroxyl groups is 1. The van der Waals surface area contributed by atoms with E-state index < -0.39 is 12.1 Å². The molecule has 1 saturated carbocycles. The second-order valence-electron chi connectivity index (χ2n) is 11.3. The number of hydrogen-bond donors (Lipinski definition) is 3. The number of benzene rings is 3. The number of anilines is 1. The first kappa shape index (κ1) is 28.8.